The summed E-state index contributed by atoms with van der Waals surface area (Å²) in [6.45, 7) is 8.49. The largest absolute Gasteiger partial charge is 0.342 e. The number of nitrogens with one attached hydrogen (secondary N) is 1. The Kier molecular flexibility index (Phi) is 12.3. The first kappa shape index (κ1) is 23.0. The Morgan fingerprint density at radius 2 is 1.74 bits per heavy atom. The lowest BCUT2D eigenvalue weighted by molar-refractivity contribution is -0.136. The molecule has 138 valence electrons. The van der Waals surface area contributed by atoms with Gasteiger partial charge in [0.2, 0.25) is 5.91 Å². The van der Waals surface area contributed by atoms with E-state index in [4.69, 9.17) is 0 Å². The van der Waals surface area contributed by atoms with Crippen LogP contribution in [-0.2, 0) is 4.79 Å². The van der Waals surface area contributed by atoms with Gasteiger partial charge in [-0.25, -0.2) is 0 Å². The molecule has 6 heteroatoms. The molecule has 0 bridgehead atoms. The lowest BCUT2D eigenvalue weighted by Crippen LogP contribution is -2.46. The zero-order chi connectivity index (χ0) is 15.1. The molecule has 23 heavy (non-hydrogen) atoms. The topological polar surface area (TPSA) is 35.6 Å². The van der Waals surface area contributed by atoms with Crippen molar-refractivity contribution >= 4 is 30.7 Å². The van der Waals surface area contributed by atoms with Gasteiger partial charge in [0.1, 0.15) is 0 Å². The molecular formula is C17H35Cl2N3O. The Bertz CT molecular complexity index is 323. The molecule has 2 unspecified atom stereocenters. The van der Waals surface area contributed by atoms with E-state index in [9.17, 15) is 4.79 Å². The summed E-state index contributed by atoms with van der Waals surface area (Å²) in [5.41, 5.74) is 0. The third kappa shape index (κ3) is 7.59. The van der Waals surface area contributed by atoms with E-state index in [0.29, 0.717) is 11.8 Å². The molecule has 1 N–H and O–H groups in total. The second-order valence-corrected chi connectivity index (χ2v) is 6.97. The smallest absolute Gasteiger partial charge is 0.226 e. The number of likely N-dealkylation sites (tertiary alicyclic amines) is 2. The van der Waals surface area contributed by atoms with E-state index >= 15 is 0 Å². The Balaban J connectivity index is 0.00000242. The van der Waals surface area contributed by atoms with E-state index in [0.717, 1.165) is 19.6 Å². The highest BCUT2D eigenvalue weighted by molar-refractivity contribution is 5.85. The van der Waals surface area contributed by atoms with Crippen LogP contribution in [0.25, 0.3) is 0 Å². The molecule has 0 aromatic carbocycles. The van der Waals surface area contributed by atoms with E-state index in [1.165, 1.54) is 58.2 Å². The summed E-state index contributed by atoms with van der Waals surface area (Å²) in [7, 11) is 1.92. The number of hydrogen-bond donors (Lipinski definition) is 1. The summed E-state index contributed by atoms with van der Waals surface area (Å²) in [6.07, 6.45) is 7.97. The van der Waals surface area contributed by atoms with Gasteiger partial charge in [0.25, 0.3) is 0 Å². The molecule has 0 aromatic heterocycles. The van der Waals surface area contributed by atoms with Gasteiger partial charge in [0, 0.05) is 32.1 Å². The second kappa shape index (κ2) is 12.3. The number of piperidine rings is 1. The van der Waals surface area contributed by atoms with Crippen LogP contribution in [0.1, 0.15) is 45.4 Å². The molecule has 2 rings (SSSR count). The Labute approximate surface area is 154 Å². The first-order valence-electron chi connectivity index (χ1n) is 8.86. The van der Waals surface area contributed by atoms with Crippen LogP contribution in [0.2, 0.25) is 0 Å². The number of carbonyl (C=O) groups is 1. The summed E-state index contributed by atoms with van der Waals surface area (Å²) >= 11 is 0. The van der Waals surface area contributed by atoms with Crippen molar-refractivity contribution in [2.45, 2.75) is 45.4 Å². The Hall–Kier alpha value is -0.0300. The molecule has 2 aliphatic heterocycles. The maximum atomic E-state index is 12.5. The third-order valence-corrected chi connectivity index (χ3v) is 4.98. The SMILES string of the molecule is CNCC(C)C(=O)N1CCCC(CN2CCCCCC2)C1.Cl.Cl. The first-order valence-corrected chi connectivity index (χ1v) is 8.86. The predicted molar refractivity (Wildman–Crippen MR) is 102 cm³/mol. The van der Waals surface area contributed by atoms with Crippen LogP contribution >= 0.6 is 24.8 Å². The van der Waals surface area contributed by atoms with Crippen LogP contribution in [0.3, 0.4) is 0 Å². The number of nitrogens with zero attached hydrogens (tertiary/aromatic N) is 2. The van der Waals surface area contributed by atoms with Crippen molar-refractivity contribution in [3.05, 3.63) is 0 Å². The van der Waals surface area contributed by atoms with E-state index in [1.54, 1.807) is 0 Å². The summed E-state index contributed by atoms with van der Waals surface area (Å²) in [5, 5.41) is 3.12. The van der Waals surface area contributed by atoms with E-state index < -0.39 is 0 Å². The van der Waals surface area contributed by atoms with Crippen LogP contribution < -0.4 is 5.32 Å². The summed E-state index contributed by atoms with van der Waals surface area (Å²) in [5.74, 6) is 1.12. The highest BCUT2D eigenvalue weighted by atomic mass is 35.5. The van der Waals surface area contributed by atoms with Crippen molar-refractivity contribution in [1.29, 1.82) is 0 Å². The van der Waals surface area contributed by atoms with Crippen LogP contribution in [0.15, 0.2) is 0 Å². The van der Waals surface area contributed by atoms with Gasteiger partial charge in [0.05, 0.1) is 0 Å². The minimum Gasteiger partial charge on any atom is -0.342 e. The molecule has 1 amide bonds. The van der Waals surface area contributed by atoms with E-state index in [2.05, 4.69) is 15.1 Å². The number of halogens is 2. The highest BCUT2D eigenvalue weighted by Crippen LogP contribution is 2.21. The maximum Gasteiger partial charge on any atom is 0.226 e. The quantitative estimate of drug-likeness (QED) is 0.811. The standard InChI is InChI=1S/C17H33N3O.2ClH/c1-15(12-18-2)17(21)20-11-7-8-16(14-20)13-19-9-5-3-4-6-10-19;;/h15-16,18H,3-14H2,1-2H3;2*1H. The zero-order valence-corrected chi connectivity index (χ0v) is 16.4. The summed E-state index contributed by atoms with van der Waals surface area (Å²) in [6, 6.07) is 0. The predicted octanol–water partition coefficient (Wildman–Crippen LogP) is 2.80. The van der Waals surface area contributed by atoms with Crippen LogP contribution in [-0.4, -0.2) is 62.0 Å². The van der Waals surface area contributed by atoms with Crippen LogP contribution in [0, 0.1) is 11.8 Å². The average Bonchev–Trinajstić information content (AvgIpc) is 2.75. The van der Waals surface area contributed by atoms with Gasteiger partial charge in [-0.1, -0.05) is 19.8 Å². The highest BCUT2D eigenvalue weighted by Gasteiger charge is 2.27. The fraction of sp³-hybridized carbons (Fsp3) is 0.941. The fourth-order valence-corrected chi connectivity index (χ4v) is 3.80. The van der Waals surface area contributed by atoms with Crippen molar-refractivity contribution in [2.75, 3.05) is 46.3 Å². The molecule has 0 radical (unpaired) electrons. The molecule has 2 heterocycles. The second-order valence-electron chi connectivity index (χ2n) is 6.97. The van der Waals surface area contributed by atoms with Crippen molar-refractivity contribution in [3.8, 4) is 0 Å². The molecule has 2 fully saturated rings. The first-order chi connectivity index (χ1) is 10.2. The lowest BCUT2D eigenvalue weighted by atomic mass is 9.96. The van der Waals surface area contributed by atoms with E-state index in [-0.39, 0.29) is 30.7 Å². The number of carbonyl (C=O) groups excluding carboxylic acids is 1. The normalized spacial score (nSPS) is 24.1. The summed E-state index contributed by atoms with van der Waals surface area (Å²) < 4.78 is 0. The molecule has 2 aliphatic rings. The summed E-state index contributed by atoms with van der Waals surface area (Å²) in [4.78, 5) is 17.2. The number of hydrogen-bond acceptors (Lipinski definition) is 3. The maximum absolute atomic E-state index is 12.5. The van der Waals surface area contributed by atoms with Crippen molar-refractivity contribution in [3.63, 3.8) is 0 Å². The number of amides is 1. The Morgan fingerprint density at radius 1 is 1.09 bits per heavy atom. The molecule has 0 aliphatic carbocycles. The van der Waals surface area contributed by atoms with E-state index in [1.807, 2.05) is 14.0 Å². The fourth-order valence-electron chi connectivity index (χ4n) is 3.80. The monoisotopic (exact) mass is 367 g/mol. The molecule has 0 aromatic rings. The third-order valence-electron chi connectivity index (χ3n) is 4.98. The lowest BCUT2D eigenvalue weighted by Gasteiger charge is -2.36. The van der Waals surface area contributed by atoms with Gasteiger partial charge in [-0.3, -0.25) is 4.79 Å². The minimum atomic E-state index is 0. The molecular weight excluding hydrogens is 333 g/mol. The minimum absolute atomic E-state index is 0. The average molecular weight is 368 g/mol. The van der Waals surface area contributed by atoms with Crippen LogP contribution in [0.4, 0.5) is 0 Å². The molecule has 0 spiro atoms. The molecule has 0 saturated carbocycles. The van der Waals surface area contributed by atoms with Gasteiger partial charge in [-0.05, 0) is 51.7 Å². The Morgan fingerprint density at radius 3 is 2.35 bits per heavy atom. The van der Waals surface area contributed by atoms with Gasteiger partial charge < -0.3 is 15.1 Å². The van der Waals surface area contributed by atoms with Gasteiger partial charge in [-0.2, -0.15) is 0 Å². The van der Waals surface area contributed by atoms with Gasteiger partial charge >= 0.3 is 0 Å². The van der Waals surface area contributed by atoms with Gasteiger partial charge in [-0.15, -0.1) is 24.8 Å². The van der Waals surface area contributed by atoms with Gasteiger partial charge in [0.15, 0.2) is 0 Å². The van der Waals surface area contributed by atoms with Crippen molar-refractivity contribution < 1.29 is 4.79 Å². The van der Waals surface area contributed by atoms with Crippen molar-refractivity contribution in [2.24, 2.45) is 11.8 Å². The zero-order valence-electron chi connectivity index (χ0n) is 14.8. The molecule has 2 saturated heterocycles. The van der Waals surface area contributed by atoms with Crippen LogP contribution in [0.5, 0.6) is 0 Å². The van der Waals surface area contributed by atoms with Crippen molar-refractivity contribution in [1.82, 2.24) is 15.1 Å². The molecule has 2 atom stereocenters. The molecule has 4 nitrogen and oxygen atoms in total. The number of rotatable bonds is 5.